The third-order valence-corrected chi connectivity index (χ3v) is 7.26. The van der Waals surface area contributed by atoms with Crippen molar-refractivity contribution >= 4 is 5.91 Å². The zero-order valence-electron chi connectivity index (χ0n) is 19.2. The number of halogens is 1. The highest BCUT2D eigenvalue weighted by Gasteiger charge is 2.49. The van der Waals surface area contributed by atoms with Crippen LogP contribution in [0.2, 0.25) is 0 Å². The number of hydrogen-bond donors (Lipinski definition) is 1. The summed E-state index contributed by atoms with van der Waals surface area (Å²) in [6.45, 7) is 2.40. The molecule has 1 amide bonds. The molecular formula is C28H30FN3O2. The Labute approximate surface area is 199 Å². The second-order valence-electron chi connectivity index (χ2n) is 9.23. The first-order valence-electron chi connectivity index (χ1n) is 12.0. The molecule has 3 atom stereocenters. The summed E-state index contributed by atoms with van der Waals surface area (Å²) < 4.78 is 14.2. The SMILES string of the molecule is O=C(Cc1ccccn1)N1CCCCN2[C@H](C1)[C@@H](c1ccc(-c3ccccc3F)cc1)[C@@H]2CO. The number of rotatable bonds is 5. The van der Waals surface area contributed by atoms with Gasteiger partial charge >= 0.3 is 0 Å². The maximum absolute atomic E-state index is 14.2. The van der Waals surface area contributed by atoms with Crippen LogP contribution in [0.1, 0.15) is 30.0 Å². The fourth-order valence-electron chi connectivity index (χ4n) is 5.52. The van der Waals surface area contributed by atoms with Crippen molar-refractivity contribution in [2.24, 2.45) is 0 Å². The number of aliphatic hydroxyl groups excluding tert-OH is 1. The first-order chi connectivity index (χ1) is 16.7. The van der Waals surface area contributed by atoms with Crippen molar-refractivity contribution in [3.63, 3.8) is 0 Å². The number of carbonyl (C=O) groups is 1. The van der Waals surface area contributed by atoms with Gasteiger partial charge in [-0.15, -0.1) is 0 Å². The predicted octanol–water partition coefficient (Wildman–Crippen LogP) is 3.88. The number of benzene rings is 2. The molecule has 6 heteroatoms. The Bertz CT molecular complexity index is 1120. The van der Waals surface area contributed by atoms with E-state index in [2.05, 4.69) is 9.88 Å². The molecule has 3 aromatic rings. The summed E-state index contributed by atoms with van der Waals surface area (Å²) in [7, 11) is 0. The van der Waals surface area contributed by atoms with E-state index in [0.717, 1.165) is 42.8 Å². The molecule has 2 fully saturated rings. The Morgan fingerprint density at radius 3 is 2.50 bits per heavy atom. The summed E-state index contributed by atoms with van der Waals surface area (Å²) in [6.07, 6.45) is 3.98. The summed E-state index contributed by atoms with van der Waals surface area (Å²) in [5.74, 6) is -0.00930. The maximum atomic E-state index is 14.2. The zero-order chi connectivity index (χ0) is 23.5. The van der Waals surface area contributed by atoms with Crippen LogP contribution in [-0.2, 0) is 11.2 Å². The highest BCUT2D eigenvalue weighted by atomic mass is 19.1. The molecule has 5 rings (SSSR count). The summed E-state index contributed by atoms with van der Waals surface area (Å²) in [5.41, 5.74) is 3.33. The van der Waals surface area contributed by atoms with Gasteiger partial charge in [-0.2, -0.15) is 0 Å². The molecule has 5 nitrogen and oxygen atoms in total. The average Bonchev–Trinajstić information content (AvgIpc) is 2.84. The van der Waals surface area contributed by atoms with Crippen LogP contribution >= 0.6 is 0 Å². The number of pyridine rings is 1. The maximum Gasteiger partial charge on any atom is 0.228 e. The van der Waals surface area contributed by atoms with Crippen LogP contribution in [0.15, 0.2) is 72.9 Å². The van der Waals surface area contributed by atoms with Crippen molar-refractivity contribution < 1.29 is 14.3 Å². The van der Waals surface area contributed by atoms with Gasteiger partial charge in [0, 0.05) is 48.5 Å². The fourth-order valence-corrected chi connectivity index (χ4v) is 5.52. The molecule has 3 heterocycles. The highest BCUT2D eigenvalue weighted by Crippen LogP contribution is 2.42. The molecule has 0 spiro atoms. The van der Waals surface area contributed by atoms with Crippen molar-refractivity contribution in [1.82, 2.24) is 14.8 Å². The van der Waals surface area contributed by atoms with Gasteiger partial charge in [0.1, 0.15) is 5.82 Å². The molecule has 1 N–H and O–H groups in total. The van der Waals surface area contributed by atoms with Crippen molar-refractivity contribution in [1.29, 1.82) is 0 Å². The largest absolute Gasteiger partial charge is 0.395 e. The highest BCUT2D eigenvalue weighted by molar-refractivity contribution is 5.78. The summed E-state index contributed by atoms with van der Waals surface area (Å²) in [6, 6.07) is 20.6. The van der Waals surface area contributed by atoms with E-state index in [1.165, 1.54) is 6.07 Å². The van der Waals surface area contributed by atoms with Gasteiger partial charge in [-0.25, -0.2) is 4.39 Å². The first kappa shape index (κ1) is 22.7. The van der Waals surface area contributed by atoms with Gasteiger partial charge in [-0.05, 0) is 48.7 Å². The Kier molecular flexibility index (Phi) is 6.70. The fraction of sp³-hybridized carbons (Fsp3) is 0.357. The third kappa shape index (κ3) is 4.48. The zero-order valence-corrected chi connectivity index (χ0v) is 19.2. The van der Waals surface area contributed by atoms with E-state index < -0.39 is 0 Å². The molecule has 0 saturated carbocycles. The van der Waals surface area contributed by atoms with E-state index in [1.54, 1.807) is 18.3 Å². The molecule has 0 bridgehead atoms. The van der Waals surface area contributed by atoms with Crippen LogP contribution in [0.5, 0.6) is 0 Å². The minimum absolute atomic E-state index is 0.0372. The predicted molar refractivity (Wildman–Crippen MR) is 130 cm³/mol. The molecule has 34 heavy (non-hydrogen) atoms. The van der Waals surface area contributed by atoms with Gasteiger partial charge in [-0.1, -0.05) is 48.5 Å². The number of nitrogens with zero attached hydrogens (tertiary/aromatic N) is 3. The summed E-state index contributed by atoms with van der Waals surface area (Å²) >= 11 is 0. The van der Waals surface area contributed by atoms with E-state index in [1.807, 2.05) is 53.4 Å². The quantitative estimate of drug-likeness (QED) is 0.629. The number of aliphatic hydroxyl groups is 1. The van der Waals surface area contributed by atoms with E-state index >= 15 is 0 Å². The molecule has 0 aliphatic carbocycles. The van der Waals surface area contributed by atoms with Crippen molar-refractivity contribution in [3.8, 4) is 11.1 Å². The average molecular weight is 460 g/mol. The number of amides is 1. The molecule has 1 aromatic heterocycles. The number of fused-ring (bicyclic) bond motifs is 1. The van der Waals surface area contributed by atoms with Gasteiger partial charge in [0.15, 0.2) is 0 Å². The lowest BCUT2D eigenvalue weighted by Gasteiger charge is -2.57. The summed E-state index contributed by atoms with van der Waals surface area (Å²) in [5, 5.41) is 10.2. The van der Waals surface area contributed by atoms with E-state index in [0.29, 0.717) is 18.5 Å². The van der Waals surface area contributed by atoms with E-state index in [4.69, 9.17) is 0 Å². The molecule has 2 aliphatic rings. The Balaban J connectivity index is 1.36. The van der Waals surface area contributed by atoms with Gasteiger partial charge in [0.05, 0.1) is 13.0 Å². The van der Waals surface area contributed by atoms with Crippen LogP contribution < -0.4 is 0 Å². The summed E-state index contributed by atoms with van der Waals surface area (Å²) in [4.78, 5) is 21.8. The lowest BCUT2D eigenvalue weighted by atomic mass is 9.74. The standard InChI is InChI=1S/C28H30FN3O2/c29-24-9-2-1-8-23(24)20-10-12-21(13-11-20)28-25-18-31(15-5-6-16-32(25)26(28)19-33)27(34)17-22-7-3-4-14-30-22/h1-4,7-14,25-26,28,33H,5-6,15-19H2/t25-,26+,28-/m1/s1. The molecule has 0 radical (unpaired) electrons. The van der Waals surface area contributed by atoms with Gasteiger partial charge in [-0.3, -0.25) is 14.7 Å². The smallest absolute Gasteiger partial charge is 0.228 e. The van der Waals surface area contributed by atoms with Crippen LogP contribution in [0.3, 0.4) is 0 Å². The Morgan fingerprint density at radius 1 is 1.00 bits per heavy atom. The van der Waals surface area contributed by atoms with Crippen LogP contribution in [-0.4, -0.2) is 64.1 Å². The molecule has 2 saturated heterocycles. The van der Waals surface area contributed by atoms with Crippen molar-refractivity contribution in [2.75, 3.05) is 26.2 Å². The van der Waals surface area contributed by atoms with Crippen molar-refractivity contribution in [2.45, 2.75) is 37.3 Å². The Hall–Kier alpha value is -3.09. The number of hydrogen-bond acceptors (Lipinski definition) is 4. The normalized spacial score (nSPS) is 22.9. The van der Waals surface area contributed by atoms with E-state index in [9.17, 15) is 14.3 Å². The molecule has 2 aromatic carbocycles. The number of aromatic nitrogens is 1. The minimum Gasteiger partial charge on any atom is -0.395 e. The van der Waals surface area contributed by atoms with Gasteiger partial charge < -0.3 is 10.0 Å². The molecular weight excluding hydrogens is 429 g/mol. The van der Waals surface area contributed by atoms with Crippen molar-refractivity contribution in [3.05, 3.63) is 90.0 Å². The molecule has 2 aliphatic heterocycles. The van der Waals surface area contributed by atoms with E-state index in [-0.39, 0.29) is 36.3 Å². The minimum atomic E-state index is -0.236. The van der Waals surface area contributed by atoms with Gasteiger partial charge in [0.2, 0.25) is 5.91 Å². The number of carbonyl (C=O) groups excluding carboxylic acids is 1. The first-order valence-corrected chi connectivity index (χ1v) is 12.0. The second-order valence-corrected chi connectivity index (χ2v) is 9.23. The monoisotopic (exact) mass is 459 g/mol. The van der Waals surface area contributed by atoms with Crippen LogP contribution in [0.4, 0.5) is 4.39 Å². The van der Waals surface area contributed by atoms with Gasteiger partial charge in [0.25, 0.3) is 0 Å². The van der Waals surface area contributed by atoms with Crippen LogP contribution in [0.25, 0.3) is 11.1 Å². The Morgan fingerprint density at radius 2 is 1.76 bits per heavy atom. The lowest BCUT2D eigenvalue weighted by molar-refractivity contribution is -0.135. The third-order valence-electron chi connectivity index (χ3n) is 7.26. The molecule has 176 valence electrons. The lowest BCUT2D eigenvalue weighted by Crippen LogP contribution is -2.68. The van der Waals surface area contributed by atoms with Crippen LogP contribution in [0, 0.1) is 5.82 Å². The second kappa shape index (κ2) is 10.0. The molecule has 0 unspecified atom stereocenters. The topological polar surface area (TPSA) is 56.7 Å².